The lowest BCUT2D eigenvalue weighted by Gasteiger charge is -2.06. The topological polar surface area (TPSA) is 49.7 Å². The van der Waals surface area contributed by atoms with Gasteiger partial charge in [0.25, 0.3) is 0 Å². The molecule has 122 valence electrons. The smallest absolute Gasteiger partial charge is 0.231 e. The predicted octanol–water partition coefficient (Wildman–Crippen LogP) is 3.65. The molecule has 5 heteroatoms. The first-order valence-electron chi connectivity index (χ1n) is 7.90. The number of aryl methyl sites for hydroxylation is 1. The number of aromatic nitrogens is 1. The maximum absolute atomic E-state index is 12.6. The Morgan fingerprint density at radius 3 is 2.88 bits per heavy atom. The third kappa shape index (κ3) is 2.48. The zero-order chi connectivity index (χ0) is 16.5. The molecule has 3 aromatic rings. The fraction of sp³-hybridized carbons (Fsp3) is 0.211. The van der Waals surface area contributed by atoms with E-state index in [1.54, 1.807) is 18.2 Å². The molecule has 24 heavy (non-hydrogen) atoms. The lowest BCUT2D eigenvalue weighted by Crippen LogP contribution is -2.11. The quantitative estimate of drug-likeness (QED) is 0.673. The van der Waals surface area contributed by atoms with Crippen LogP contribution >= 0.6 is 0 Å². The number of hydrogen-bond donors (Lipinski definition) is 0. The number of ether oxygens (including phenoxy) is 3. The van der Waals surface area contributed by atoms with Crippen LogP contribution in [0.3, 0.4) is 0 Å². The summed E-state index contributed by atoms with van der Waals surface area (Å²) in [7, 11) is 0. The van der Waals surface area contributed by atoms with E-state index in [4.69, 9.17) is 14.2 Å². The van der Waals surface area contributed by atoms with Gasteiger partial charge >= 0.3 is 0 Å². The highest BCUT2D eigenvalue weighted by molar-refractivity contribution is 6.08. The number of carbonyl (C=O) groups excluding carboxylic acids is 1. The number of hydrogen-bond acceptors (Lipinski definition) is 4. The third-order valence-electron chi connectivity index (χ3n) is 4.14. The number of rotatable bonds is 5. The van der Waals surface area contributed by atoms with Crippen molar-refractivity contribution in [2.45, 2.75) is 13.5 Å². The maximum atomic E-state index is 12.6. The van der Waals surface area contributed by atoms with Gasteiger partial charge in [0.2, 0.25) is 12.6 Å². The van der Waals surface area contributed by atoms with Crippen molar-refractivity contribution < 1.29 is 19.0 Å². The van der Waals surface area contributed by atoms with Crippen molar-refractivity contribution in [1.29, 1.82) is 0 Å². The number of nitrogens with zero attached hydrogens (tertiary/aromatic N) is 1. The van der Waals surface area contributed by atoms with Gasteiger partial charge in [0.05, 0.1) is 0 Å². The highest BCUT2D eigenvalue weighted by Gasteiger charge is 2.17. The molecule has 0 amide bonds. The van der Waals surface area contributed by atoms with Gasteiger partial charge in [0, 0.05) is 35.3 Å². The molecule has 0 fully saturated rings. The van der Waals surface area contributed by atoms with Crippen LogP contribution in [-0.4, -0.2) is 23.8 Å². The van der Waals surface area contributed by atoms with Crippen molar-refractivity contribution in [3.8, 4) is 17.2 Å². The summed E-state index contributed by atoms with van der Waals surface area (Å²) in [5.41, 5.74) is 1.75. The molecule has 0 spiro atoms. The average molecular weight is 323 g/mol. The summed E-state index contributed by atoms with van der Waals surface area (Å²) in [4.78, 5) is 12.6. The second-order valence-corrected chi connectivity index (χ2v) is 5.57. The molecule has 0 aliphatic carbocycles. The summed E-state index contributed by atoms with van der Waals surface area (Å²) in [6.45, 7) is 3.08. The third-order valence-corrected chi connectivity index (χ3v) is 4.14. The van der Waals surface area contributed by atoms with Gasteiger partial charge in [-0.1, -0.05) is 18.2 Å². The van der Waals surface area contributed by atoms with Crippen molar-refractivity contribution in [3.05, 3.63) is 54.2 Å². The van der Waals surface area contributed by atoms with Crippen LogP contribution < -0.4 is 14.2 Å². The van der Waals surface area contributed by atoms with Crippen LogP contribution in [0.4, 0.5) is 0 Å². The minimum absolute atomic E-state index is 0.0165. The van der Waals surface area contributed by atoms with Gasteiger partial charge in [0.1, 0.15) is 5.75 Å². The van der Waals surface area contributed by atoms with Crippen LogP contribution in [0, 0.1) is 0 Å². The SMILES string of the molecule is CCn1cc(C(=O)COc2ccc3c(c2)OCO3)c2ccccc21. The first-order valence-corrected chi connectivity index (χ1v) is 7.90. The highest BCUT2D eigenvalue weighted by Crippen LogP contribution is 2.35. The Kier molecular flexibility index (Phi) is 3.61. The second kappa shape index (κ2) is 5.92. The highest BCUT2D eigenvalue weighted by atomic mass is 16.7. The monoisotopic (exact) mass is 323 g/mol. The van der Waals surface area contributed by atoms with Crippen molar-refractivity contribution in [1.82, 2.24) is 4.57 Å². The van der Waals surface area contributed by atoms with E-state index in [1.165, 1.54) is 0 Å². The number of fused-ring (bicyclic) bond motifs is 2. The average Bonchev–Trinajstić information content (AvgIpc) is 3.23. The number of carbonyl (C=O) groups is 1. The number of para-hydroxylation sites is 1. The Bertz CT molecular complexity index is 913. The van der Waals surface area contributed by atoms with Crippen molar-refractivity contribution >= 4 is 16.7 Å². The minimum Gasteiger partial charge on any atom is -0.485 e. The molecule has 1 aliphatic heterocycles. The summed E-state index contributed by atoms with van der Waals surface area (Å²) >= 11 is 0. The van der Waals surface area contributed by atoms with Gasteiger partial charge in [-0.15, -0.1) is 0 Å². The van der Waals surface area contributed by atoms with E-state index < -0.39 is 0 Å². The first-order chi connectivity index (χ1) is 11.8. The fourth-order valence-corrected chi connectivity index (χ4v) is 2.92. The molecular formula is C19H17NO4. The summed E-state index contributed by atoms with van der Waals surface area (Å²) in [5, 5.41) is 0.957. The lowest BCUT2D eigenvalue weighted by molar-refractivity contribution is 0.0922. The van der Waals surface area contributed by atoms with Gasteiger partial charge < -0.3 is 18.8 Å². The molecule has 2 aromatic carbocycles. The minimum atomic E-state index is -0.0453. The van der Waals surface area contributed by atoms with E-state index in [2.05, 4.69) is 11.5 Å². The van der Waals surface area contributed by atoms with Crippen LogP contribution in [0.15, 0.2) is 48.7 Å². The molecule has 1 aromatic heterocycles. The maximum Gasteiger partial charge on any atom is 0.231 e. The van der Waals surface area contributed by atoms with Crippen LogP contribution in [0.25, 0.3) is 10.9 Å². The molecule has 1 aliphatic rings. The first kappa shape index (κ1) is 14.6. The van der Waals surface area contributed by atoms with E-state index in [9.17, 15) is 4.79 Å². The summed E-state index contributed by atoms with van der Waals surface area (Å²) in [6.07, 6.45) is 1.90. The molecular weight excluding hydrogens is 306 g/mol. The molecule has 0 saturated heterocycles. The van der Waals surface area contributed by atoms with E-state index in [-0.39, 0.29) is 19.2 Å². The van der Waals surface area contributed by atoms with Crippen molar-refractivity contribution in [2.75, 3.05) is 13.4 Å². The van der Waals surface area contributed by atoms with E-state index >= 15 is 0 Å². The molecule has 0 atom stereocenters. The predicted molar refractivity (Wildman–Crippen MR) is 90.0 cm³/mol. The van der Waals surface area contributed by atoms with Crippen LogP contribution in [0.5, 0.6) is 17.2 Å². The largest absolute Gasteiger partial charge is 0.485 e. The molecule has 5 nitrogen and oxygen atoms in total. The van der Waals surface area contributed by atoms with Gasteiger partial charge in [-0.3, -0.25) is 4.79 Å². The van der Waals surface area contributed by atoms with Gasteiger partial charge in [-0.2, -0.15) is 0 Å². The molecule has 4 rings (SSSR count). The Morgan fingerprint density at radius 1 is 1.17 bits per heavy atom. The number of ketones is 1. The normalized spacial score (nSPS) is 12.5. The van der Waals surface area contributed by atoms with Crippen LogP contribution in [-0.2, 0) is 6.54 Å². The number of benzene rings is 2. The Morgan fingerprint density at radius 2 is 2.00 bits per heavy atom. The molecule has 0 unspecified atom stereocenters. The molecule has 0 saturated carbocycles. The number of Topliss-reactive ketones (excluding diaryl/α,β-unsaturated/α-hetero) is 1. The van der Waals surface area contributed by atoms with Crippen molar-refractivity contribution in [3.63, 3.8) is 0 Å². The Labute approximate surface area is 139 Å². The van der Waals surface area contributed by atoms with Crippen LogP contribution in [0.2, 0.25) is 0 Å². The lowest BCUT2D eigenvalue weighted by atomic mass is 10.1. The van der Waals surface area contributed by atoms with E-state index in [0.717, 1.165) is 17.4 Å². The standard InChI is InChI=1S/C19H17NO4/c1-2-20-10-15(14-5-3-4-6-16(14)20)17(21)11-22-13-7-8-18-19(9-13)24-12-23-18/h3-10H,2,11-12H2,1H3. The van der Waals surface area contributed by atoms with Gasteiger partial charge in [0.15, 0.2) is 18.1 Å². The molecule has 2 heterocycles. The second-order valence-electron chi connectivity index (χ2n) is 5.57. The van der Waals surface area contributed by atoms with Crippen LogP contribution in [0.1, 0.15) is 17.3 Å². The zero-order valence-electron chi connectivity index (χ0n) is 13.3. The molecule has 0 radical (unpaired) electrons. The Balaban J connectivity index is 1.54. The van der Waals surface area contributed by atoms with E-state index in [1.807, 2.05) is 30.5 Å². The zero-order valence-corrected chi connectivity index (χ0v) is 13.3. The van der Waals surface area contributed by atoms with Gasteiger partial charge in [-0.05, 0) is 25.1 Å². The van der Waals surface area contributed by atoms with Crippen molar-refractivity contribution in [2.24, 2.45) is 0 Å². The molecule has 0 N–H and O–H groups in total. The summed E-state index contributed by atoms with van der Waals surface area (Å²) < 4.78 is 18.3. The van der Waals surface area contributed by atoms with Gasteiger partial charge in [-0.25, -0.2) is 0 Å². The Hall–Kier alpha value is -2.95. The summed E-state index contributed by atoms with van der Waals surface area (Å²) in [5.74, 6) is 1.88. The summed E-state index contributed by atoms with van der Waals surface area (Å²) in [6, 6.07) is 13.2. The molecule has 0 bridgehead atoms. The fourth-order valence-electron chi connectivity index (χ4n) is 2.92. The van der Waals surface area contributed by atoms with E-state index in [0.29, 0.717) is 22.8 Å².